The number of nitrogens with zero attached hydrogens (tertiary/aromatic N) is 1. The first-order valence-electron chi connectivity index (χ1n) is 9.65. The molecule has 10 heteroatoms. The van der Waals surface area contributed by atoms with E-state index in [2.05, 4.69) is 20.9 Å². The molecule has 1 aliphatic heterocycles. The number of amides is 1. The summed E-state index contributed by atoms with van der Waals surface area (Å²) in [6.45, 7) is 1.55. The van der Waals surface area contributed by atoms with E-state index in [4.69, 9.17) is 9.47 Å². The minimum atomic E-state index is -4.43. The normalized spacial score (nSPS) is 13.1. The zero-order chi connectivity index (χ0) is 22.3. The summed E-state index contributed by atoms with van der Waals surface area (Å²) in [5.41, 5.74) is 0.469. The number of carbonyl (C=O) groups excluding carboxylic acids is 1. The summed E-state index contributed by atoms with van der Waals surface area (Å²) in [5.74, 6) is 1.61. The van der Waals surface area contributed by atoms with E-state index in [-0.39, 0.29) is 18.9 Å². The number of carbonyl (C=O) groups is 1. The Hall–Kier alpha value is -3.43. The van der Waals surface area contributed by atoms with Crippen LogP contribution in [0, 0.1) is 0 Å². The molecule has 166 valence electrons. The molecule has 0 saturated carbocycles. The molecule has 7 nitrogen and oxygen atoms in total. The Kier molecular flexibility index (Phi) is 7.22. The summed E-state index contributed by atoms with van der Waals surface area (Å²) in [6, 6.07) is 9.88. The fourth-order valence-corrected chi connectivity index (χ4v) is 2.91. The highest BCUT2D eigenvalue weighted by Crippen LogP contribution is 2.32. The van der Waals surface area contributed by atoms with E-state index in [1.54, 1.807) is 7.05 Å². The quantitative estimate of drug-likeness (QED) is 0.353. The van der Waals surface area contributed by atoms with Gasteiger partial charge < -0.3 is 25.4 Å². The molecule has 0 unspecified atom stereocenters. The van der Waals surface area contributed by atoms with Gasteiger partial charge in [-0.15, -0.1) is 0 Å². The number of hydrogen-bond acceptors (Lipinski definition) is 4. The van der Waals surface area contributed by atoms with Crippen LogP contribution in [-0.4, -0.2) is 45.3 Å². The monoisotopic (exact) mass is 436 g/mol. The van der Waals surface area contributed by atoms with E-state index in [1.165, 1.54) is 0 Å². The van der Waals surface area contributed by atoms with Crippen molar-refractivity contribution in [2.75, 3.05) is 33.5 Å². The molecule has 0 aromatic heterocycles. The predicted molar refractivity (Wildman–Crippen MR) is 109 cm³/mol. The van der Waals surface area contributed by atoms with Crippen LogP contribution in [0.2, 0.25) is 0 Å². The van der Waals surface area contributed by atoms with Gasteiger partial charge >= 0.3 is 6.18 Å². The molecule has 0 radical (unpaired) electrons. The van der Waals surface area contributed by atoms with E-state index in [0.29, 0.717) is 19.0 Å². The molecule has 0 spiro atoms. The lowest BCUT2D eigenvalue weighted by Crippen LogP contribution is -2.42. The molecule has 0 atom stereocenters. The third kappa shape index (κ3) is 6.27. The van der Waals surface area contributed by atoms with Gasteiger partial charge in [-0.25, -0.2) is 0 Å². The highest BCUT2D eigenvalue weighted by atomic mass is 19.4. The van der Waals surface area contributed by atoms with Crippen LogP contribution >= 0.6 is 0 Å². The van der Waals surface area contributed by atoms with Crippen LogP contribution < -0.4 is 25.4 Å². The third-order valence-electron chi connectivity index (χ3n) is 4.54. The van der Waals surface area contributed by atoms with E-state index in [1.807, 2.05) is 18.2 Å². The molecular weight excluding hydrogens is 413 g/mol. The number of nitrogens with one attached hydrogen (secondary N) is 3. The van der Waals surface area contributed by atoms with Crippen molar-refractivity contribution in [2.45, 2.75) is 12.6 Å². The van der Waals surface area contributed by atoms with Crippen molar-refractivity contribution in [3.63, 3.8) is 0 Å². The molecule has 3 rings (SSSR count). The first-order valence-corrected chi connectivity index (χ1v) is 9.65. The Morgan fingerprint density at radius 3 is 2.35 bits per heavy atom. The fraction of sp³-hybridized carbons (Fsp3) is 0.333. The van der Waals surface area contributed by atoms with E-state index in [0.717, 1.165) is 47.7 Å². The zero-order valence-corrected chi connectivity index (χ0v) is 16.9. The molecule has 31 heavy (non-hydrogen) atoms. The lowest BCUT2D eigenvalue weighted by atomic mass is 10.1. The Morgan fingerprint density at radius 1 is 0.968 bits per heavy atom. The molecular formula is C21H23F3N4O3. The van der Waals surface area contributed by atoms with Crippen LogP contribution in [0.25, 0.3) is 0 Å². The average Bonchev–Trinajstić information content (AvgIpc) is 3.22. The molecule has 2 aromatic carbocycles. The van der Waals surface area contributed by atoms with Crippen LogP contribution in [0.1, 0.15) is 21.5 Å². The molecule has 0 bridgehead atoms. The van der Waals surface area contributed by atoms with Gasteiger partial charge in [0.2, 0.25) is 6.79 Å². The molecule has 1 aliphatic rings. The highest BCUT2D eigenvalue weighted by molar-refractivity contribution is 5.94. The largest absolute Gasteiger partial charge is 0.454 e. The fourth-order valence-electron chi connectivity index (χ4n) is 2.91. The number of aliphatic imine (C=N–C) groups is 1. The van der Waals surface area contributed by atoms with Gasteiger partial charge in [0.15, 0.2) is 17.5 Å². The van der Waals surface area contributed by atoms with Gasteiger partial charge in [-0.3, -0.25) is 9.79 Å². The maximum atomic E-state index is 12.6. The Balaban J connectivity index is 1.35. The van der Waals surface area contributed by atoms with E-state index >= 15 is 0 Å². The summed E-state index contributed by atoms with van der Waals surface area (Å²) >= 11 is 0. The van der Waals surface area contributed by atoms with Crippen LogP contribution in [0.5, 0.6) is 11.5 Å². The second-order valence-electron chi connectivity index (χ2n) is 6.69. The first kappa shape index (κ1) is 22.3. The number of benzene rings is 2. The van der Waals surface area contributed by atoms with Crippen molar-refractivity contribution >= 4 is 11.9 Å². The number of ether oxygens (including phenoxy) is 2. The van der Waals surface area contributed by atoms with Crippen molar-refractivity contribution in [2.24, 2.45) is 4.99 Å². The second-order valence-corrected chi connectivity index (χ2v) is 6.69. The summed E-state index contributed by atoms with van der Waals surface area (Å²) in [6.07, 6.45) is -3.67. The van der Waals surface area contributed by atoms with Gasteiger partial charge in [0.05, 0.1) is 5.56 Å². The standard InChI is InChI=1S/C21H23F3N4O3/c1-25-20(27-9-8-14-2-7-17-18(12-14)31-13-30-17)28-11-10-26-19(29)15-3-5-16(6-4-15)21(22,23)24/h2-7,12H,8-11,13H2,1H3,(H,26,29)(H2,25,27,28). The number of halogens is 3. The maximum Gasteiger partial charge on any atom is 0.416 e. The summed E-state index contributed by atoms with van der Waals surface area (Å²) in [7, 11) is 1.64. The van der Waals surface area contributed by atoms with Gasteiger partial charge in [0.25, 0.3) is 5.91 Å². The van der Waals surface area contributed by atoms with Gasteiger partial charge in [-0.2, -0.15) is 13.2 Å². The summed E-state index contributed by atoms with van der Waals surface area (Å²) in [4.78, 5) is 16.2. The summed E-state index contributed by atoms with van der Waals surface area (Å²) in [5, 5.41) is 8.89. The van der Waals surface area contributed by atoms with Crippen LogP contribution in [0.3, 0.4) is 0 Å². The van der Waals surface area contributed by atoms with Crippen molar-refractivity contribution in [1.29, 1.82) is 0 Å². The molecule has 0 saturated heterocycles. The van der Waals surface area contributed by atoms with Crippen molar-refractivity contribution in [1.82, 2.24) is 16.0 Å². The van der Waals surface area contributed by atoms with Crippen LogP contribution in [-0.2, 0) is 12.6 Å². The van der Waals surface area contributed by atoms with Gasteiger partial charge in [0.1, 0.15) is 0 Å². The van der Waals surface area contributed by atoms with Crippen LogP contribution in [0.4, 0.5) is 13.2 Å². The number of rotatable bonds is 7. The van der Waals surface area contributed by atoms with E-state index < -0.39 is 17.6 Å². The van der Waals surface area contributed by atoms with Crippen molar-refractivity contribution in [3.8, 4) is 11.5 Å². The highest BCUT2D eigenvalue weighted by Gasteiger charge is 2.30. The molecule has 0 fully saturated rings. The predicted octanol–water partition coefficient (Wildman–Crippen LogP) is 2.57. The zero-order valence-electron chi connectivity index (χ0n) is 16.9. The van der Waals surface area contributed by atoms with Gasteiger partial charge in [-0.1, -0.05) is 6.07 Å². The van der Waals surface area contributed by atoms with Crippen LogP contribution in [0.15, 0.2) is 47.5 Å². The maximum absolute atomic E-state index is 12.6. The number of hydrogen-bond donors (Lipinski definition) is 3. The molecule has 2 aromatic rings. The van der Waals surface area contributed by atoms with Gasteiger partial charge in [-0.05, 0) is 48.4 Å². The third-order valence-corrected chi connectivity index (χ3v) is 4.54. The molecule has 0 aliphatic carbocycles. The van der Waals surface area contributed by atoms with Gasteiger partial charge in [0, 0.05) is 32.2 Å². The smallest absolute Gasteiger partial charge is 0.416 e. The molecule has 1 amide bonds. The minimum Gasteiger partial charge on any atom is -0.454 e. The lowest BCUT2D eigenvalue weighted by Gasteiger charge is -2.13. The number of guanidine groups is 1. The summed E-state index contributed by atoms with van der Waals surface area (Å²) < 4.78 is 48.4. The average molecular weight is 436 g/mol. The SMILES string of the molecule is CN=C(NCCNC(=O)c1ccc(C(F)(F)F)cc1)NCCc1ccc2c(c1)OCO2. The molecule has 3 N–H and O–H groups in total. The van der Waals surface area contributed by atoms with E-state index in [9.17, 15) is 18.0 Å². The minimum absolute atomic E-state index is 0.166. The molecule has 1 heterocycles. The number of fused-ring (bicyclic) bond motifs is 1. The Bertz CT molecular complexity index is 930. The van der Waals surface area contributed by atoms with Crippen molar-refractivity contribution in [3.05, 3.63) is 59.2 Å². The topological polar surface area (TPSA) is 84.0 Å². The Morgan fingerprint density at radius 2 is 1.65 bits per heavy atom. The Labute approximate surface area is 177 Å². The number of alkyl halides is 3. The second kappa shape index (κ2) is 10.1. The lowest BCUT2D eigenvalue weighted by molar-refractivity contribution is -0.137. The first-order chi connectivity index (χ1) is 14.9. The van der Waals surface area contributed by atoms with Crippen molar-refractivity contribution < 1.29 is 27.4 Å².